The zero-order valence-electron chi connectivity index (χ0n) is 18.6. The number of thioether (sulfide) groups is 1. The number of alkyl halides is 3. The van der Waals surface area contributed by atoms with Crippen molar-refractivity contribution in [2.24, 2.45) is 0 Å². The van der Waals surface area contributed by atoms with Crippen LogP contribution in [0.15, 0.2) is 47.5 Å². The highest BCUT2D eigenvalue weighted by molar-refractivity contribution is 8.18. The summed E-state index contributed by atoms with van der Waals surface area (Å²) < 4.78 is 46.6. The molecule has 0 radical (unpaired) electrons. The maximum Gasteiger partial charge on any atom is 0.416 e. The maximum atomic E-state index is 13.5. The van der Waals surface area contributed by atoms with Crippen LogP contribution in [0.3, 0.4) is 0 Å². The highest BCUT2D eigenvalue weighted by Gasteiger charge is 2.62. The summed E-state index contributed by atoms with van der Waals surface area (Å²) in [6.45, 7) is -0.122. The molecule has 0 N–H and O–H groups in total. The second-order valence-electron chi connectivity index (χ2n) is 8.46. The Balaban J connectivity index is 1.42. The van der Waals surface area contributed by atoms with E-state index in [4.69, 9.17) is 16.3 Å². The molecular formula is C24H17ClF3N3O4S. The maximum absolute atomic E-state index is 13.5. The van der Waals surface area contributed by atoms with Crippen LogP contribution in [-0.2, 0) is 27.0 Å². The zero-order chi connectivity index (χ0) is 25.8. The van der Waals surface area contributed by atoms with Crippen molar-refractivity contribution in [1.29, 1.82) is 0 Å². The van der Waals surface area contributed by atoms with E-state index in [0.29, 0.717) is 29.3 Å². The third kappa shape index (κ3) is 4.16. The second kappa shape index (κ2) is 8.67. The molecule has 0 bridgehead atoms. The number of aromatic nitrogens is 2. The number of nitrogens with zero attached hydrogens (tertiary/aromatic N) is 3. The van der Waals surface area contributed by atoms with Crippen LogP contribution in [0.5, 0.6) is 0 Å². The van der Waals surface area contributed by atoms with Gasteiger partial charge in [-0.25, -0.2) is 4.79 Å². The van der Waals surface area contributed by atoms with Crippen molar-refractivity contribution in [2.45, 2.75) is 31.1 Å². The number of carbonyl (C=O) groups is 3. The van der Waals surface area contributed by atoms with Gasteiger partial charge in [0.25, 0.3) is 11.1 Å². The van der Waals surface area contributed by atoms with E-state index in [1.165, 1.54) is 36.2 Å². The fraction of sp³-hybridized carbons (Fsp3) is 0.250. The summed E-state index contributed by atoms with van der Waals surface area (Å²) in [5, 5.41) is 4.32. The first-order valence-corrected chi connectivity index (χ1v) is 11.9. The lowest BCUT2D eigenvalue weighted by molar-refractivity contribution is -0.150. The lowest BCUT2D eigenvalue weighted by atomic mass is 10.1. The predicted octanol–water partition coefficient (Wildman–Crippen LogP) is 5.50. The number of esters is 1. The fourth-order valence-corrected chi connectivity index (χ4v) is 5.33. The second-order valence-corrected chi connectivity index (χ2v) is 9.89. The topological polar surface area (TPSA) is 81.5 Å². The Hall–Kier alpha value is -3.31. The molecule has 7 nitrogen and oxygen atoms in total. The fourth-order valence-electron chi connectivity index (χ4n) is 4.25. The van der Waals surface area contributed by atoms with Crippen LogP contribution in [0.4, 0.5) is 18.0 Å². The average molecular weight is 536 g/mol. The average Bonchev–Trinajstić information content (AvgIpc) is 3.45. The van der Waals surface area contributed by atoms with Crippen molar-refractivity contribution in [1.82, 2.24) is 14.7 Å². The van der Waals surface area contributed by atoms with Gasteiger partial charge in [-0.2, -0.15) is 18.3 Å². The summed E-state index contributed by atoms with van der Waals surface area (Å²) >= 11 is 6.51. The highest BCUT2D eigenvalue weighted by atomic mass is 35.5. The molecular weight excluding hydrogens is 519 g/mol. The standard InChI is InChI=1S/C24H17ClF3N3O4S/c1-35-21(33)23(6-7-23)31-20(32)19(36-22(31)34)9-13-2-5-18-15(8-13)11-29-30(18)12-14-3-4-16(25)10-17(14)24(26,27)28/h2-5,8-11H,6-7,12H2,1H3. The molecule has 2 fully saturated rings. The largest absolute Gasteiger partial charge is 0.467 e. The summed E-state index contributed by atoms with van der Waals surface area (Å²) in [6.07, 6.45) is -0.792. The van der Waals surface area contributed by atoms with Crippen LogP contribution in [-0.4, -0.2) is 44.4 Å². The molecule has 186 valence electrons. The first-order valence-electron chi connectivity index (χ1n) is 10.7. The van der Waals surface area contributed by atoms with Crippen molar-refractivity contribution < 1.29 is 32.3 Å². The number of carbonyl (C=O) groups excluding carboxylic acids is 3. The van der Waals surface area contributed by atoms with Crippen LogP contribution in [0.2, 0.25) is 5.02 Å². The minimum atomic E-state index is -4.56. The van der Waals surface area contributed by atoms with Gasteiger partial charge in [0.1, 0.15) is 5.54 Å². The van der Waals surface area contributed by atoms with Crippen LogP contribution in [0.25, 0.3) is 17.0 Å². The molecule has 2 aromatic carbocycles. The van der Waals surface area contributed by atoms with Crippen molar-refractivity contribution in [3.05, 3.63) is 69.2 Å². The van der Waals surface area contributed by atoms with E-state index in [0.717, 1.165) is 22.7 Å². The van der Waals surface area contributed by atoms with Gasteiger partial charge >= 0.3 is 12.1 Å². The predicted molar refractivity (Wildman–Crippen MR) is 127 cm³/mol. The molecule has 5 rings (SSSR count). The van der Waals surface area contributed by atoms with E-state index in [-0.39, 0.29) is 22.0 Å². The normalized spacial score (nSPS) is 18.4. The number of ether oxygens (including phenoxy) is 1. The molecule has 2 heterocycles. The number of rotatable bonds is 5. The third-order valence-corrected chi connectivity index (χ3v) is 7.28. The number of hydrogen-bond acceptors (Lipinski definition) is 6. The van der Waals surface area contributed by atoms with Gasteiger partial charge in [0, 0.05) is 10.4 Å². The number of fused-ring (bicyclic) bond motifs is 1. The molecule has 0 atom stereocenters. The van der Waals surface area contributed by atoms with E-state index in [2.05, 4.69) is 5.10 Å². The molecule has 12 heteroatoms. The van der Waals surface area contributed by atoms with Gasteiger partial charge < -0.3 is 4.74 Å². The van der Waals surface area contributed by atoms with E-state index < -0.39 is 34.4 Å². The summed E-state index contributed by atoms with van der Waals surface area (Å²) in [6, 6.07) is 8.68. The summed E-state index contributed by atoms with van der Waals surface area (Å²) in [7, 11) is 1.21. The molecule has 0 spiro atoms. The van der Waals surface area contributed by atoms with Crippen molar-refractivity contribution >= 4 is 57.5 Å². The van der Waals surface area contributed by atoms with E-state index >= 15 is 0 Å². The van der Waals surface area contributed by atoms with Gasteiger partial charge in [0.05, 0.1) is 35.8 Å². The Labute approximate surface area is 211 Å². The van der Waals surface area contributed by atoms with Crippen LogP contribution in [0.1, 0.15) is 29.5 Å². The quantitative estimate of drug-likeness (QED) is 0.317. The number of halogens is 4. The molecule has 2 amide bonds. The van der Waals surface area contributed by atoms with Crippen molar-refractivity contribution in [3.8, 4) is 0 Å². The van der Waals surface area contributed by atoms with Gasteiger partial charge in [-0.3, -0.25) is 19.2 Å². The molecule has 0 unspecified atom stereocenters. The summed E-state index contributed by atoms with van der Waals surface area (Å²) in [5.74, 6) is -1.18. The number of methoxy groups -OCH3 is 1. The van der Waals surface area contributed by atoms with Crippen LogP contribution < -0.4 is 0 Å². The van der Waals surface area contributed by atoms with Crippen LogP contribution >= 0.6 is 23.4 Å². The van der Waals surface area contributed by atoms with Gasteiger partial charge in [-0.05, 0) is 66.1 Å². The summed E-state index contributed by atoms with van der Waals surface area (Å²) in [4.78, 5) is 38.7. The third-order valence-electron chi connectivity index (χ3n) is 6.17. The molecule has 1 saturated carbocycles. The van der Waals surface area contributed by atoms with Gasteiger partial charge in [0.15, 0.2) is 0 Å². The van der Waals surface area contributed by atoms with E-state index in [1.807, 2.05) is 0 Å². The van der Waals surface area contributed by atoms with Gasteiger partial charge in [-0.1, -0.05) is 23.7 Å². The Morgan fingerprint density at radius 1 is 1.22 bits per heavy atom. The number of benzene rings is 2. The van der Waals surface area contributed by atoms with E-state index in [1.54, 1.807) is 18.2 Å². The monoisotopic (exact) mass is 535 g/mol. The Kier molecular flexibility index (Phi) is 5.87. The summed E-state index contributed by atoms with van der Waals surface area (Å²) in [5.41, 5.74) is -0.849. The Morgan fingerprint density at radius 2 is 1.97 bits per heavy atom. The zero-order valence-corrected chi connectivity index (χ0v) is 20.2. The first-order chi connectivity index (χ1) is 17.0. The molecule has 1 aliphatic heterocycles. The van der Waals surface area contributed by atoms with Crippen molar-refractivity contribution in [3.63, 3.8) is 0 Å². The first kappa shape index (κ1) is 24.4. The number of imide groups is 1. The Bertz CT molecular complexity index is 1460. The molecule has 2 aliphatic rings. The molecule has 1 aliphatic carbocycles. The molecule has 1 aromatic heterocycles. The van der Waals surface area contributed by atoms with Gasteiger partial charge in [0.2, 0.25) is 0 Å². The van der Waals surface area contributed by atoms with Crippen LogP contribution in [0, 0.1) is 0 Å². The Morgan fingerprint density at radius 3 is 2.64 bits per heavy atom. The molecule has 3 aromatic rings. The highest BCUT2D eigenvalue weighted by Crippen LogP contribution is 2.49. The number of amides is 2. The van der Waals surface area contributed by atoms with E-state index in [9.17, 15) is 27.6 Å². The minimum Gasteiger partial charge on any atom is -0.467 e. The van der Waals surface area contributed by atoms with Gasteiger partial charge in [-0.15, -0.1) is 0 Å². The molecule has 36 heavy (non-hydrogen) atoms. The molecule has 1 saturated heterocycles. The number of hydrogen-bond donors (Lipinski definition) is 0. The SMILES string of the molecule is COC(=O)C1(N2C(=O)SC(=Cc3ccc4c(cnn4Cc4ccc(Cl)cc4C(F)(F)F)c3)C2=O)CC1. The van der Waals surface area contributed by atoms with Crippen molar-refractivity contribution in [2.75, 3.05) is 7.11 Å². The lowest BCUT2D eigenvalue weighted by Crippen LogP contribution is -2.46. The minimum absolute atomic E-state index is 0.00959. The smallest absolute Gasteiger partial charge is 0.416 e. The lowest BCUT2D eigenvalue weighted by Gasteiger charge is -2.21.